The van der Waals surface area contributed by atoms with Crippen molar-refractivity contribution in [3.05, 3.63) is 35.5 Å². The van der Waals surface area contributed by atoms with Gasteiger partial charge in [-0.25, -0.2) is 4.68 Å². The van der Waals surface area contributed by atoms with Crippen molar-refractivity contribution in [2.75, 3.05) is 0 Å². The lowest BCUT2D eigenvalue weighted by atomic mass is 10.3. The molecule has 2 rings (SSSR count). The van der Waals surface area contributed by atoms with Gasteiger partial charge in [-0.3, -0.25) is 0 Å². The van der Waals surface area contributed by atoms with Gasteiger partial charge >= 0.3 is 0 Å². The van der Waals surface area contributed by atoms with E-state index in [1.807, 2.05) is 25.3 Å². The summed E-state index contributed by atoms with van der Waals surface area (Å²) in [5, 5.41) is 8.18. The predicted octanol–water partition coefficient (Wildman–Crippen LogP) is 3.07. The third-order valence-corrected chi connectivity index (χ3v) is 3.47. The molecule has 2 heterocycles. The van der Waals surface area contributed by atoms with Crippen molar-refractivity contribution in [3.8, 4) is 0 Å². The lowest BCUT2D eigenvalue weighted by Crippen LogP contribution is -1.98. The highest BCUT2D eigenvalue weighted by Gasteiger charge is 2.10. The molecule has 2 aromatic heterocycles. The minimum atomic E-state index is 0.277. The first-order chi connectivity index (χ1) is 7.69. The fraction of sp³-hybridized carbons (Fsp3) is 0.455. The maximum absolute atomic E-state index is 5.48. The Morgan fingerprint density at radius 3 is 2.94 bits per heavy atom. The second-order valence-corrected chi connectivity index (χ2v) is 4.83. The van der Waals surface area contributed by atoms with Crippen LogP contribution in [0.15, 0.2) is 22.7 Å². The molecule has 0 bridgehead atoms. The first-order valence-electron chi connectivity index (χ1n) is 5.28. The smallest absolute Gasteiger partial charge is 0.125 e. The molecule has 0 aliphatic rings. The summed E-state index contributed by atoms with van der Waals surface area (Å²) in [4.78, 5) is 0.277. The summed E-state index contributed by atoms with van der Waals surface area (Å²) < 4.78 is 7.27. The van der Waals surface area contributed by atoms with Crippen LogP contribution in [0.3, 0.4) is 0 Å². The van der Waals surface area contributed by atoms with Gasteiger partial charge in [0.2, 0.25) is 0 Å². The third-order valence-electron chi connectivity index (χ3n) is 2.35. The van der Waals surface area contributed by atoms with Crippen LogP contribution in [-0.2, 0) is 6.54 Å². The van der Waals surface area contributed by atoms with Crippen LogP contribution in [0.25, 0.3) is 0 Å². The molecule has 4 nitrogen and oxygen atoms in total. The Morgan fingerprint density at radius 2 is 2.31 bits per heavy atom. The number of halogens is 1. The van der Waals surface area contributed by atoms with Gasteiger partial charge in [-0.15, -0.1) is 5.10 Å². The monoisotopic (exact) mass is 283 g/mol. The highest BCUT2D eigenvalue weighted by atomic mass is 79.9. The van der Waals surface area contributed by atoms with Crippen LogP contribution in [0.2, 0.25) is 0 Å². The van der Waals surface area contributed by atoms with Crippen molar-refractivity contribution in [2.45, 2.75) is 31.6 Å². The summed E-state index contributed by atoms with van der Waals surface area (Å²) in [7, 11) is 0. The van der Waals surface area contributed by atoms with Crippen molar-refractivity contribution in [2.24, 2.45) is 0 Å². The summed E-state index contributed by atoms with van der Waals surface area (Å²) in [5.41, 5.74) is 0.964. The van der Waals surface area contributed by atoms with E-state index in [1.54, 1.807) is 4.68 Å². The lowest BCUT2D eigenvalue weighted by Gasteiger charge is -1.99. The van der Waals surface area contributed by atoms with E-state index in [2.05, 4.69) is 33.2 Å². The zero-order valence-electron chi connectivity index (χ0n) is 9.35. The number of hydrogen-bond acceptors (Lipinski definition) is 3. The number of aryl methyl sites for hydroxylation is 1. The van der Waals surface area contributed by atoms with E-state index in [9.17, 15) is 0 Å². The van der Waals surface area contributed by atoms with E-state index in [0.29, 0.717) is 6.54 Å². The topological polar surface area (TPSA) is 43.9 Å². The summed E-state index contributed by atoms with van der Waals surface area (Å²) in [6.07, 6.45) is 2.94. The van der Waals surface area contributed by atoms with Crippen molar-refractivity contribution in [1.82, 2.24) is 15.0 Å². The van der Waals surface area contributed by atoms with Gasteiger partial charge < -0.3 is 4.42 Å². The van der Waals surface area contributed by atoms with Gasteiger partial charge in [-0.2, -0.15) is 0 Å². The Hall–Kier alpha value is -1.10. The molecule has 5 heteroatoms. The molecule has 0 amide bonds. The summed E-state index contributed by atoms with van der Waals surface area (Å²) in [6.45, 7) is 4.67. The molecule has 86 valence electrons. The molecule has 0 aliphatic carbocycles. The Bertz CT molecular complexity index is 463. The Morgan fingerprint density at radius 1 is 1.50 bits per heavy atom. The average molecular weight is 284 g/mol. The first kappa shape index (κ1) is 11.4. The molecule has 0 saturated heterocycles. The van der Waals surface area contributed by atoms with Crippen molar-refractivity contribution in [3.63, 3.8) is 0 Å². The van der Waals surface area contributed by atoms with Crippen LogP contribution in [0.5, 0.6) is 0 Å². The van der Waals surface area contributed by atoms with E-state index in [4.69, 9.17) is 4.42 Å². The summed E-state index contributed by atoms with van der Waals surface area (Å²) >= 11 is 3.55. The van der Waals surface area contributed by atoms with Gasteiger partial charge in [-0.1, -0.05) is 28.1 Å². The molecule has 2 aromatic rings. The van der Waals surface area contributed by atoms with E-state index in [0.717, 1.165) is 23.6 Å². The maximum Gasteiger partial charge on any atom is 0.125 e. The second-order valence-electron chi connectivity index (χ2n) is 3.73. The molecule has 0 N–H and O–H groups in total. The van der Waals surface area contributed by atoms with Gasteiger partial charge in [0.15, 0.2) is 0 Å². The normalized spacial score (nSPS) is 12.9. The molecule has 0 radical (unpaired) electrons. The highest BCUT2D eigenvalue weighted by Crippen LogP contribution is 2.23. The fourth-order valence-corrected chi connectivity index (χ4v) is 1.68. The Kier molecular flexibility index (Phi) is 3.43. The molecule has 0 aromatic carbocycles. The Balaban J connectivity index is 2.08. The van der Waals surface area contributed by atoms with Crippen LogP contribution in [0.4, 0.5) is 0 Å². The zero-order chi connectivity index (χ0) is 11.5. The molecular weight excluding hydrogens is 270 g/mol. The van der Waals surface area contributed by atoms with E-state index >= 15 is 0 Å². The SMILES string of the molecule is CCC(Br)c1cn(Cc2ccc(C)o2)nn1. The minimum absolute atomic E-state index is 0.277. The van der Waals surface area contributed by atoms with Crippen LogP contribution in [0, 0.1) is 6.92 Å². The number of nitrogens with zero attached hydrogens (tertiary/aromatic N) is 3. The quantitative estimate of drug-likeness (QED) is 0.810. The predicted molar refractivity (Wildman–Crippen MR) is 64.5 cm³/mol. The third kappa shape index (κ3) is 2.52. The molecule has 1 atom stereocenters. The van der Waals surface area contributed by atoms with E-state index in [-0.39, 0.29) is 4.83 Å². The van der Waals surface area contributed by atoms with E-state index < -0.39 is 0 Å². The van der Waals surface area contributed by atoms with Gasteiger partial charge in [0.1, 0.15) is 18.1 Å². The van der Waals surface area contributed by atoms with Gasteiger partial charge in [0.05, 0.1) is 16.7 Å². The van der Waals surface area contributed by atoms with Crippen molar-refractivity contribution >= 4 is 15.9 Å². The maximum atomic E-state index is 5.48. The molecule has 0 aliphatic heterocycles. The largest absolute Gasteiger partial charge is 0.464 e. The van der Waals surface area contributed by atoms with Gasteiger partial charge in [0, 0.05) is 0 Å². The van der Waals surface area contributed by atoms with Gasteiger partial charge in [-0.05, 0) is 25.5 Å². The van der Waals surface area contributed by atoms with Crippen LogP contribution in [0.1, 0.15) is 35.4 Å². The molecule has 0 fully saturated rings. The molecule has 0 spiro atoms. The number of furan rings is 1. The van der Waals surface area contributed by atoms with Gasteiger partial charge in [0.25, 0.3) is 0 Å². The summed E-state index contributed by atoms with van der Waals surface area (Å²) in [5.74, 6) is 1.82. The number of aromatic nitrogens is 3. The van der Waals surface area contributed by atoms with Crippen molar-refractivity contribution in [1.29, 1.82) is 0 Å². The molecule has 16 heavy (non-hydrogen) atoms. The standard InChI is InChI=1S/C11H14BrN3O/c1-3-10(12)11-7-15(14-13-11)6-9-5-4-8(2)16-9/h4-5,7,10H,3,6H2,1-2H3. The van der Waals surface area contributed by atoms with Crippen LogP contribution in [-0.4, -0.2) is 15.0 Å². The molecule has 0 saturated carbocycles. The molecular formula is C11H14BrN3O. The Labute approximate surface area is 103 Å². The number of rotatable bonds is 4. The number of hydrogen-bond donors (Lipinski definition) is 0. The van der Waals surface area contributed by atoms with Crippen LogP contribution < -0.4 is 0 Å². The minimum Gasteiger partial charge on any atom is -0.464 e. The fourth-order valence-electron chi connectivity index (χ4n) is 1.47. The van der Waals surface area contributed by atoms with Crippen LogP contribution >= 0.6 is 15.9 Å². The van der Waals surface area contributed by atoms with E-state index in [1.165, 1.54) is 0 Å². The lowest BCUT2D eigenvalue weighted by molar-refractivity contribution is 0.455. The second kappa shape index (κ2) is 4.82. The number of alkyl halides is 1. The highest BCUT2D eigenvalue weighted by molar-refractivity contribution is 9.09. The molecule has 1 unspecified atom stereocenters. The average Bonchev–Trinajstić information content (AvgIpc) is 2.87. The zero-order valence-corrected chi connectivity index (χ0v) is 10.9. The first-order valence-corrected chi connectivity index (χ1v) is 6.20. The van der Waals surface area contributed by atoms with Crippen molar-refractivity contribution < 1.29 is 4.42 Å². The summed E-state index contributed by atoms with van der Waals surface area (Å²) in [6, 6.07) is 3.91.